The molecule has 0 unspecified atom stereocenters. The molecular formula is C26H28N4O3S. The average molecular weight is 477 g/mol. The van der Waals surface area contributed by atoms with Gasteiger partial charge in [-0.3, -0.25) is 19.8 Å². The van der Waals surface area contributed by atoms with Crippen molar-refractivity contribution in [1.82, 2.24) is 10.2 Å². The van der Waals surface area contributed by atoms with E-state index < -0.39 is 15.6 Å². The number of benzene rings is 3. The Balaban J connectivity index is 1.63. The third kappa shape index (κ3) is 4.68. The molecule has 0 spiro atoms. The van der Waals surface area contributed by atoms with Crippen LogP contribution in [0.5, 0.6) is 0 Å². The van der Waals surface area contributed by atoms with Crippen LogP contribution in [-0.4, -0.2) is 30.9 Å². The lowest BCUT2D eigenvalue weighted by Gasteiger charge is -2.28. The molecule has 0 radical (unpaired) electrons. The van der Waals surface area contributed by atoms with Crippen molar-refractivity contribution in [1.29, 1.82) is 5.41 Å². The molecule has 3 aromatic rings. The zero-order valence-electron chi connectivity index (χ0n) is 19.0. The number of anilines is 1. The standard InChI is InChI=1S/C26H28N4O3S/c1-2-3-17-34(32,33)29-23-16-10-11-20(18-23)19-30-24(31)26(28-25(30)27,21-12-6-4-7-13-21)22-14-8-5-9-15-22/h4-16,18,29H,2-3,17,19H2,1H3,(H2,27,28). The van der Waals surface area contributed by atoms with Crippen LogP contribution in [0, 0.1) is 5.41 Å². The first-order chi connectivity index (χ1) is 16.4. The number of guanidine groups is 1. The second kappa shape index (κ2) is 9.69. The van der Waals surface area contributed by atoms with Gasteiger partial charge in [-0.05, 0) is 35.2 Å². The molecule has 8 heteroatoms. The van der Waals surface area contributed by atoms with Crippen LogP contribution in [0.15, 0.2) is 84.9 Å². The van der Waals surface area contributed by atoms with E-state index in [1.54, 1.807) is 18.2 Å². The molecule has 0 saturated carbocycles. The van der Waals surface area contributed by atoms with Gasteiger partial charge in [-0.1, -0.05) is 86.1 Å². The minimum absolute atomic E-state index is 0.00774. The lowest BCUT2D eigenvalue weighted by molar-refractivity contribution is -0.130. The fourth-order valence-electron chi connectivity index (χ4n) is 4.17. The number of nitrogens with one attached hydrogen (secondary N) is 3. The quantitative estimate of drug-likeness (QED) is 0.434. The first kappa shape index (κ1) is 23.5. The van der Waals surface area contributed by atoms with E-state index in [0.29, 0.717) is 17.7 Å². The van der Waals surface area contributed by atoms with Crippen LogP contribution < -0.4 is 10.0 Å². The minimum Gasteiger partial charge on any atom is -0.334 e. The number of unbranched alkanes of at least 4 members (excludes halogenated alkanes) is 1. The molecule has 3 N–H and O–H groups in total. The summed E-state index contributed by atoms with van der Waals surface area (Å²) in [6, 6.07) is 25.7. The molecule has 1 saturated heterocycles. The lowest BCUT2D eigenvalue weighted by atomic mass is 9.82. The number of hydrogen-bond acceptors (Lipinski definition) is 4. The molecule has 4 rings (SSSR count). The summed E-state index contributed by atoms with van der Waals surface area (Å²) in [5.74, 6) is -0.209. The van der Waals surface area contributed by atoms with Gasteiger partial charge >= 0.3 is 0 Å². The van der Waals surface area contributed by atoms with Crippen molar-refractivity contribution in [2.75, 3.05) is 10.5 Å². The number of rotatable bonds is 9. The number of carbonyl (C=O) groups excluding carboxylic acids is 1. The van der Waals surface area contributed by atoms with E-state index in [1.165, 1.54) is 4.90 Å². The van der Waals surface area contributed by atoms with Gasteiger partial charge < -0.3 is 5.32 Å². The van der Waals surface area contributed by atoms with Crippen LogP contribution in [0.3, 0.4) is 0 Å². The summed E-state index contributed by atoms with van der Waals surface area (Å²) in [6.45, 7) is 2.08. The predicted octanol–water partition coefficient (Wildman–Crippen LogP) is 4.04. The van der Waals surface area contributed by atoms with E-state index in [-0.39, 0.29) is 24.2 Å². The normalized spacial score (nSPS) is 15.3. The molecule has 176 valence electrons. The molecule has 1 aliphatic heterocycles. The van der Waals surface area contributed by atoms with Gasteiger partial charge in [0, 0.05) is 5.69 Å². The molecule has 1 heterocycles. The topological polar surface area (TPSA) is 102 Å². The highest BCUT2D eigenvalue weighted by molar-refractivity contribution is 7.92. The van der Waals surface area contributed by atoms with E-state index in [1.807, 2.05) is 73.7 Å². The molecular weight excluding hydrogens is 448 g/mol. The zero-order valence-corrected chi connectivity index (χ0v) is 19.8. The highest BCUT2D eigenvalue weighted by Crippen LogP contribution is 2.36. The minimum atomic E-state index is -3.44. The van der Waals surface area contributed by atoms with Crippen molar-refractivity contribution in [3.63, 3.8) is 0 Å². The monoisotopic (exact) mass is 476 g/mol. The summed E-state index contributed by atoms with van der Waals surface area (Å²) in [4.78, 5) is 15.3. The van der Waals surface area contributed by atoms with Gasteiger partial charge in [0.2, 0.25) is 10.0 Å². The van der Waals surface area contributed by atoms with Crippen molar-refractivity contribution in [3.05, 3.63) is 102 Å². The van der Waals surface area contributed by atoms with E-state index >= 15 is 0 Å². The highest BCUT2D eigenvalue weighted by atomic mass is 32.2. The summed E-state index contributed by atoms with van der Waals surface area (Å²) in [7, 11) is -3.44. The number of carbonyl (C=O) groups is 1. The molecule has 0 atom stereocenters. The van der Waals surface area contributed by atoms with Gasteiger partial charge in [-0.25, -0.2) is 8.42 Å². The Kier molecular flexibility index (Phi) is 6.70. The van der Waals surface area contributed by atoms with E-state index in [2.05, 4.69) is 10.0 Å². The molecule has 0 aromatic heterocycles. The Morgan fingerprint density at radius 3 is 2.15 bits per heavy atom. The van der Waals surface area contributed by atoms with Crippen molar-refractivity contribution < 1.29 is 13.2 Å². The Morgan fingerprint density at radius 2 is 1.56 bits per heavy atom. The molecule has 7 nitrogen and oxygen atoms in total. The van der Waals surface area contributed by atoms with Gasteiger partial charge in [0.1, 0.15) is 0 Å². The number of nitrogens with zero attached hydrogens (tertiary/aromatic N) is 1. The molecule has 1 fully saturated rings. The molecule has 0 aliphatic carbocycles. The highest BCUT2D eigenvalue weighted by Gasteiger charge is 2.52. The van der Waals surface area contributed by atoms with Crippen molar-refractivity contribution >= 4 is 27.6 Å². The Labute approximate surface area is 200 Å². The Bertz CT molecular complexity index is 1240. The fraction of sp³-hybridized carbons (Fsp3) is 0.231. The van der Waals surface area contributed by atoms with Crippen molar-refractivity contribution in [2.24, 2.45) is 0 Å². The van der Waals surface area contributed by atoms with Gasteiger partial charge in [0.25, 0.3) is 5.91 Å². The Morgan fingerprint density at radius 1 is 0.941 bits per heavy atom. The van der Waals surface area contributed by atoms with Crippen LogP contribution in [0.25, 0.3) is 0 Å². The van der Waals surface area contributed by atoms with E-state index in [9.17, 15) is 13.2 Å². The molecule has 1 aliphatic rings. The summed E-state index contributed by atoms with van der Waals surface area (Å²) in [5.41, 5.74) is 1.44. The third-order valence-electron chi connectivity index (χ3n) is 5.86. The molecule has 3 aromatic carbocycles. The first-order valence-corrected chi connectivity index (χ1v) is 12.9. The van der Waals surface area contributed by atoms with E-state index in [4.69, 9.17) is 5.41 Å². The van der Waals surface area contributed by atoms with Gasteiger partial charge in [0.15, 0.2) is 11.5 Å². The zero-order chi connectivity index (χ0) is 24.2. The third-order valence-corrected chi connectivity index (χ3v) is 7.24. The smallest absolute Gasteiger partial charge is 0.264 e. The van der Waals surface area contributed by atoms with Crippen LogP contribution in [0.1, 0.15) is 36.5 Å². The SMILES string of the molecule is CCCCS(=O)(=O)Nc1cccc(CN2C(=N)NC(c3ccccc3)(c3ccccc3)C2=O)c1. The van der Waals surface area contributed by atoms with Gasteiger partial charge in [-0.15, -0.1) is 0 Å². The predicted molar refractivity (Wildman–Crippen MR) is 134 cm³/mol. The molecule has 34 heavy (non-hydrogen) atoms. The number of amides is 1. The summed E-state index contributed by atoms with van der Waals surface area (Å²) in [6.07, 6.45) is 1.37. The van der Waals surface area contributed by atoms with E-state index in [0.717, 1.165) is 17.5 Å². The molecule has 0 bridgehead atoms. The van der Waals surface area contributed by atoms with Crippen molar-refractivity contribution in [2.45, 2.75) is 31.8 Å². The van der Waals surface area contributed by atoms with Crippen LogP contribution in [0.2, 0.25) is 0 Å². The van der Waals surface area contributed by atoms with Crippen LogP contribution >= 0.6 is 0 Å². The summed E-state index contributed by atoms with van der Waals surface area (Å²) < 4.78 is 27.2. The number of sulfonamides is 1. The Hall–Kier alpha value is -3.65. The maximum absolute atomic E-state index is 13.9. The second-order valence-corrected chi connectivity index (χ2v) is 10.2. The molecule has 1 amide bonds. The van der Waals surface area contributed by atoms with Crippen LogP contribution in [-0.2, 0) is 26.9 Å². The van der Waals surface area contributed by atoms with Gasteiger partial charge in [0.05, 0.1) is 12.3 Å². The van der Waals surface area contributed by atoms with Gasteiger partial charge in [-0.2, -0.15) is 0 Å². The van der Waals surface area contributed by atoms with Crippen LogP contribution in [0.4, 0.5) is 5.69 Å². The second-order valence-electron chi connectivity index (χ2n) is 8.32. The summed E-state index contributed by atoms with van der Waals surface area (Å²) in [5, 5.41) is 11.7. The average Bonchev–Trinajstić information content (AvgIpc) is 3.09. The lowest BCUT2D eigenvalue weighted by Crippen LogP contribution is -2.45. The first-order valence-electron chi connectivity index (χ1n) is 11.2. The summed E-state index contributed by atoms with van der Waals surface area (Å²) >= 11 is 0. The largest absolute Gasteiger partial charge is 0.334 e. The van der Waals surface area contributed by atoms with Crippen molar-refractivity contribution in [3.8, 4) is 0 Å². The maximum Gasteiger partial charge on any atom is 0.264 e. The fourth-order valence-corrected chi connectivity index (χ4v) is 5.43. The maximum atomic E-state index is 13.9. The number of hydrogen-bond donors (Lipinski definition) is 3.